The molecular formula is C19H19ClO5S. The zero-order valence-electron chi connectivity index (χ0n) is 14.4. The average molecular weight is 395 g/mol. The second-order valence-electron chi connectivity index (χ2n) is 5.92. The van der Waals surface area contributed by atoms with Crippen molar-refractivity contribution in [2.45, 2.75) is 24.8 Å². The van der Waals surface area contributed by atoms with Crippen LogP contribution in [0.15, 0.2) is 47.4 Å². The van der Waals surface area contributed by atoms with Gasteiger partial charge in [0.25, 0.3) is 10.1 Å². The quantitative estimate of drug-likeness (QED) is 0.710. The Balaban J connectivity index is 1.72. The Kier molecular flexibility index (Phi) is 5.55. The fourth-order valence-corrected chi connectivity index (χ4v) is 3.68. The fourth-order valence-electron chi connectivity index (χ4n) is 2.53. The zero-order valence-corrected chi connectivity index (χ0v) is 16.0. The molecule has 3 rings (SSSR count). The molecule has 0 aromatic heterocycles. The smallest absolute Gasteiger partial charge is 0.297 e. The van der Waals surface area contributed by atoms with Crippen LogP contribution in [0.2, 0.25) is 5.02 Å². The van der Waals surface area contributed by atoms with Crippen molar-refractivity contribution in [2.75, 3.05) is 13.2 Å². The van der Waals surface area contributed by atoms with Gasteiger partial charge in [0, 0.05) is 16.7 Å². The number of ether oxygens (including phenoxy) is 2. The van der Waals surface area contributed by atoms with Crippen molar-refractivity contribution in [3.63, 3.8) is 0 Å². The number of fused-ring (bicyclic) bond motifs is 1. The van der Waals surface area contributed by atoms with E-state index in [1.807, 2.05) is 26.0 Å². The number of aryl methyl sites for hydroxylation is 1. The Labute approximate surface area is 158 Å². The molecule has 7 heteroatoms. The van der Waals surface area contributed by atoms with Crippen molar-refractivity contribution < 1.29 is 22.1 Å². The highest BCUT2D eigenvalue weighted by Crippen LogP contribution is 2.39. The maximum Gasteiger partial charge on any atom is 0.297 e. The first kappa shape index (κ1) is 18.8. The normalized spacial score (nSPS) is 16.8. The van der Waals surface area contributed by atoms with Gasteiger partial charge in [-0.1, -0.05) is 41.4 Å². The zero-order chi connectivity index (χ0) is 18.7. The minimum absolute atomic E-state index is 0.113. The molecule has 0 unspecified atom stereocenters. The van der Waals surface area contributed by atoms with E-state index < -0.39 is 16.2 Å². The van der Waals surface area contributed by atoms with Crippen molar-refractivity contribution in [1.29, 1.82) is 0 Å². The topological polar surface area (TPSA) is 61.8 Å². The molecule has 0 saturated heterocycles. The third kappa shape index (κ3) is 4.20. The van der Waals surface area contributed by atoms with Crippen molar-refractivity contribution in [1.82, 2.24) is 0 Å². The van der Waals surface area contributed by atoms with E-state index in [4.69, 9.17) is 25.3 Å². The summed E-state index contributed by atoms with van der Waals surface area (Å²) in [5, 5.41) is 0.539. The second-order valence-corrected chi connectivity index (χ2v) is 7.98. The van der Waals surface area contributed by atoms with Gasteiger partial charge < -0.3 is 9.47 Å². The van der Waals surface area contributed by atoms with Gasteiger partial charge in [0.1, 0.15) is 13.2 Å². The van der Waals surface area contributed by atoms with Gasteiger partial charge in [-0.25, -0.2) is 0 Å². The Hall–Kier alpha value is -2.02. The highest BCUT2D eigenvalue weighted by Gasteiger charge is 2.26. The van der Waals surface area contributed by atoms with Crippen molar-refractivity contribution in [3.05, 3.63) is 58.6 Å². The summed E-state index contributed by atoms with van der Waals surface area (Å²) in [5.74, 6) is 1.06. The lowest BCUT2D eigenvalue weighted by atomic mass is 10.1. The summed E-state index contributed by atoms with van der Waals surface area (Å²) in [6.45, 7) is 3.79. The highest BCUT2D eigenvalue weighted by molar-refractivity contribution is 7.86. The third-order valence-corrected chi connectivity index (χ3v) is 5.34. The van der Waals surface area contributed by atoms with Crippen LogP contribution >= 0.6 is 11.6 Å². The molecule has 0 aliphatic carbocycles. The first-order chi connectivity index (χ1) is 12.4. The molecule has 1 heterocycles. The number of hydrogen-bond acceptors (Lipinski definition) is 5. The molecule has 0 amide bonds. The molecule has 2 aromatic rings. The largest absolute Gasteiger partial charge is 0.486 e. The summed E-state index contributed by atoms with van der Waals surface area (Å²) < 4.78 is 41.3. The van der Waals surface area contributed by atoms with Crippen LogP contribution < -0.4 is 9.47 Å². The molecule has 1 atom stereocenters. The van der Waals surface area contributed by atoms with Gasteiger partial charge in [0.2, 0.25) is 0 Å². The summed E-state index contributed by atoms with van der Waals surface area (Å²) in [4.78, 5) is 0.113. The van der Waals surface area contributed by atoms with E-state index in [-0.39, 0.29) is 18.1 Å². The molecule has 0 fully saturated rings. The van der Waals surface area contributed by atoms with Crippen LogP contribution in [0.1, 0.15) is 18.1 Å². The van der Waals surface area contributed by atoms with Crippen LogP contribution in [0.3, 0.4) is 0 Å². The van der Waals surface area contributed by atoms with E-state index in [9.17, 15) is 8.42 Å². The number of halogens is 1. The molecule has 1 aliphatic rings. The predicted octanol–water partition coefficient (Wildman–Crippen LogP) is 4.23. The van der Waals surface area contributed by atoms with Gasteiger partial charge in [-0.15, -0.1) is 0 Å². The molecule has 0 saturated carbocycles. The van der Waals surface area contributed by atoms with Crippen LogP contribution in [-0.2, 0) is 14.3 Å². The predicted molar refractivity (Wildman–Crippen MR) is 100 cm³/mol. The van der Waals surface area contributed by atoms with Crippen LogP contribution in [0.5, 0.6) is 11.5 Å². The molecule has 5 nitrogen and oxygen atoms in total. The van der Waals surface area contributed by atoms with E-state index in [1.165, 1.54) is 12.1 Å². The average Bonchev–Trinajstić information content (AvgIpc) is 2.61. The van der Waals surface area contributed by atoms with Crippen LogP contribution in [0.25, 0.3) is 6.08 Å². The summed E-state index contributed by atoms with van der Waals surface area (Å²) in [6, 6.07) is 9.91. The monoisotopic (exact) mass is 394 g/mol. The highest BCUT2D eigenvalue weighted by atomic mass is 35.5. The first-order valence-electron chi connectivity index (χ1n) is 8.11. The maximum absolute atomic E-state index is 12.3. The van der Waals surface area contributed by atoms with Gasteiger partial charge in [-0.3, -0.25) is 4.18 Å². The molecule has 0 N–H and O–H groups in total. The summed E-state index contributed by atoms with van der Waals surface area (Å²) >= 11 is 6.08. The molecule has 138 valence electrons. The Morgan fingerprint density at radius 3 is 2.69 bits per heavy atom. The minimum atomic E-state index is -3.85. The van der Waals surface area contributed by atoms with Gasteiger partial charge in [0.15, 0.2) is 17.6 Å². The van der Waals surface area contributed by atoms with Gasteiger partial charge in [-0.05, 0) is 32.0 Å². The molecule has 0 spiro atoms. The van der Waals surface area contributed by atoms with Crippen molar-refractivity contribution in [2.24, 2.45) is 0 Å². The third-order valence-electron chi connectivity index (χ3n) is 3.82. The first-order valence-corrected chi connectivity index (χ1v) is 9.89. The van der Waals surface area contributed by atoms with E-state index in [2.05, 4.69) is 0 Å². The summed E-state index contributed by atoms with van der Waals surface area (Å²) in [5.41, 5.74) is 1.74. The molecule has 2 aromatic carbocycles. The van der Waals surface area contributed by atoms with E-state index in [0.717, 1.165) is 11.1 Å². The molecule has 0 bridgehead atoms. The standard InChI is InChI=1S/C19H19ClO5S/c1-3-4-14-9-15(20)10-18-19(14)25-16(11-23-18)12-24-26(21,22)17-7-5-13(2)6-8-17/h3-10,16H,11-12H2,1-2H3/t16-/m1/s1. The molecule has 0 radical (unpaired) electrons. The summed E-state index contributed by atoms with van der Waals surface area (Å²) in [7, 11) is -3.85. The van der Waals surface area contributed by atoms with Crippen LogP contribution in [-0.4, -0.2) is 27.7 Å². The van der Waals surface area contributed by atoms with Crippen LogP contribution in [0, 0.1) is 6.92 Å². The lowest BCUT2D eigenvalue weighted by Crippen LogP contribution is -2.34. The molecule has 26 heavy (non-hydrogen) atoms. The Morgan fingerprint density at radius 1 is 1.27 bits per heavy atom. The maximum atomic E-state index is 12.3. The molecular weight excluding hydrogens is 376 g/mol. The van der Waals surface area contributed by atoms with Crippen LogP contribution in [0.4, 0.5) is 0 Å². The van der Waals surface area contributed by atoms with E-state index in [1.54, 1.807) is 24.3 Å². The van der Waals surface area contributed by atoms with Gasteiger partial charge >= 0.3 is 0 Å². The second kappa shape index (κ2) is 7.70. The van der Waals surface area contributed by atoms with E-state index in [0.29, 0.717) is 16.5 Å². The fraction of sp³-hybridized carbons (Fsp3) is 0.263. The molecule has 1 aliphatic heterocycles. The van der Waals surface area contributed by atoms with Gasteiger partial charge in [-0.2, -0.15) is 8.42 Å². The number of hydrogen-bond donors (Lipinski definition) is 0. The van der Waals surface area contributed by atoms with Crippen molar-refractivity contribution >= 4 is 27.8 Å². The van der Waals surface area contributed by atoms with E-state index >= 15 is 0 Å². The lowest BCUT2D eigenvalue weighted by Gasteiger charge is -2.27. The number of benzene rings is 2. The summed E-state index contributed by atoms with van der Waals surface area (Å²) in [6.07, 6.45) is 3.16. The minimum Gasteiger partial charge on any atom is -0.486 e. The number of allylic oxidation sites excluding steroid dienone is 1. The number of rotatable bonds is 5. The SMILES string of the molecule is CC=Cc1cc(Cl)cc2c1O[C@@H](COS(=O)(=O)c1ccc(C)cc1)CO2. The van der Waals surface area contributed by atoms with Gasteiger partial charge in [0.05, 0.1) is 4.90 Å². The Morgan fingerprint density at radius 2 is 2.00 bits per heavy atom. The Bertz CT molecular complexity index is 920. The lowest BCUT2D eigenvalue weighted by molar-refractivity contribution is 0.0553. The van der Waals surface area contributed by atoms with Crippen molar-refractivity contribution in [3.8, 4) is 11.5 Å².